The molecule has 2 aromatic heterocycles. The molecule has 2 aliphatic carbocycles. The molecule has 0 aliphatic heterocycles. The number of allylic oxidation sites excluding steroid dienone is 2. The second kappa shape index (κ2) is 11.8. The Morgan fingerprint density at radius 3 is 1.76 bits per heavy atom. The first-order valence-corrected chi connectivity index (χ1v) is 14.5. The second-order valence-corrected chi connectivity index (χ2v) is 11.5. The molecule has 7 heteroatoms. The summed E-state index contributed by atoms with van der Waals surface area (Å²) in [5, 5.41) is 0. The number of alkyl halides is 1. The largest absolute Gasteiger partial charge is 0.249 e. The molecule has 2 nitrogen and oxygen atoms in total. The third kappa shape index (κ3) is 5.74. The average Bonchev–Trinajstić information content (AvgIpc) is 3.61. The van der Waals surface area contributed by atoms with Gasteiger partial charge in [-0.25, -0.2) is 31.9 Å². The van der Waals surface area contributed by atoms with Crippen LogP contribution in [0, 0.1) is 41.0 Å². The Hall–Kier alpha value is -3.87. The van der Waals surface area contributed by atoms with Gasteiger partial charge in [0.25, 0.3) is 0 Å². The number of fused-ring (bicyclic) bond motifs is 2. The highest BCUT2D eigenvalue weighted by Crippen LogP contribution is 2.46. The van der Waals surface area contributed by atoms with Crippen LogP contribution in [-0.2, 0) is 5.67 Å². The second-order valence-electron chi connectivity index (χ2n) is 11.5. The van der Waals surface area contributed by atoms with Crippen LogP contribution in [0.2, 0.25) is 0 Å². The van der Waals surface area contributed by atoms with Gasteiger partial charge in [0.15, 0.2) is 5.67 Å². The fraction of sp³-hybridized carbons (Fsp3) is 0.314. The van der Waals surface area contributed by atoms with Gasteiger partial charge < -0.3 is 0 Å². The third-order valence-electron chi connectivity index (χ3n) is 8.74. The van der Waals surface area contributed by atoms with Crippen molar-refractivity contribution in [2.24, 2.45) is 17.8 Å². The number of pyridine rings is 2. The van der Waals surface area contributed by atoms with Gasteiger partial charge in [-0.1, -0.05) is 37.1 Å². The topological polar surface area (TPSA) is 25.8 Å². The smallest absolute Gasteiger partial charge is 0.194 e. The Labute approximate surface area is 242 Å². The maximum absolute atomic E-state index is 17.4. The van der Waals surface area contributed by atoms with Crippen LogP contribution in [0.5, 0.6) is 0 Å². The van der Waals surface area contributed by atoms with Gasteiger partial charge in [-0.05, 0) is 98.4 Å². The molecule has 4 aromatic rings. The standard InChI is InChI=1S/C35H31F5N2/c36-25-13-15-27(29(38)20-25)31-7-4-9-33(41-31)35(40,17-3-1-2-6-23-18-22-11-12-24(23)19-22)34-10-5-8-32(42-34)28-16-14-26(37)21-30(28)39/h4-5,7-16,20-24H,1-3,6,17-19H2. The number of nitrogens with zero attached hydrogens (tertiary/aromatic N) is 2. The molecule has 1 saturated carbocycles. The van der Waals surface area contributed by atoms with Crippen molar-refractivity contribution in [2.75, 3.05) is 0 Å². The molecule has 0 radical (unpaired) electrons. The predicted molar refractivity (Wildman–Crippen MR) is 153 cm³/mol. The molecule has 42 heavy (non-hydrogen) atoms. The van der Waals surface area contributed by atoms with E-state index >= 15 is 4.39 Å². The van der Waals surface area contributed by atoms with E-state index in [1.165, 1.54) is 37.1 Å². The molecule has 2 aromatic carbocycles. The summed E-state index contributed by atoms with van der Waals surface area (Å²) in [5.41, 5.74) is -1.67. The lowest BCUT2D eigenvalue weighted by Crippen LogP contribution is -2.25. The van der Waals surface area contributed by atoms with E-state index in [0.717, 1.165) is 43.5 Å². The molecule has 2 heterocycles. The van der Waals surface area contributed by atoms with Crippen LogP contribution in [0.1, 0.15) is 56.3 Å². The zero-order valence-electron chi connectivity index (χ0n) is 23.0. The van der Waals surface area contributed by atoms with Crippen molar-refractivity contribution in [2.45, 2.75) is 50.6 Å². The summed E-state index contributed by atoms with van der Waals surface area (Å²) in [6, 6.07) is 15.6. The van der Waals surface area contributed by atoms with Gasteiger partial charge in [0.1, 0.15) is 23.3 Å². The molecular formula is C35H31F5N2. The quantitative estimate of drug-likeness (QED) is 0.107. The highest BCUT2D eigenvalue weighted by atomic mass is 19.2. The Morgan fingerprint density at radius 2 is 1.26 bits per heavy atom. The van der Waals surface area contributed by atoms with Gasteiger partial charge in [0.05, 0.1) is 22.8 Å². The fourth-order valence-corrected chi connectivity index (χ4v) is 6.57. The average molecular weight is 575 g/mol. The van der Waals surface area contributed by atoms with Crippen LogP contribution in [0.4, 0.5) is 22.0 Å². The minimum Gasteiger partial charge on any atom is -0.249 e. The maximum Gasteiger partial charge on any atom is 0.194 e. The van der Waals surface area contributed by atoms with E-state index in [1.54, 1.807) is 24.3 Å². The van der Waals surface area contributed by atoms with E-state index in [2.05, 4.69) is 22.1 Å². The first kappa shape index (κ1) is 28.3. The molecule has 0 amide bonds. The van der Waals surface area contributed by atoms with E-state index in [-0.39, 0.29) is 40.3 Å². The normalized spacial score (nSPS) is 19.5. The highest BCUT2D eigenvalue weighted by Gasteiger charge is 2.38. The van der Waals surface area contributed by atoms with E-state index in [0.29, 0.717) is 24.2 Å². The number of rotatable bonds is 10. The van der Waals surface area contributed by atoms with Gasteiger partial charge in [0.2, 0.25) is 0 Å². The first-order chi connectivity index (χ1) is 20.3. The highest BCUT2D eigenvalue weighted by molar-refractivity contribution is 5.62. The van der Waals surface area contributed by atoms with Crippen LogP contribution in [0.15, 0.2) is 84.9 Å². The van der Waals surface area contributed by atoms with Crippen LogP contribution >= 0.6 is 0 Å². The zero-order chi connectivity index (χ0) is 29.3. The Kier molecular flexibility index (Phi) is 7.93. The number of benzene rings is 2. The lowest BCUT2D eigenvalue weighted by molar-refractivity contribution is 0.186. The molecule has 216 valence electrons. The van der Waals surface area contributed by atoms with Crippen LogP contribution in [0.25, 0.3) is 22.5 Å². The van der Waals surface area contributed by atoms with Crippen molar-refractivity contribution in [3.8, 4) is 22.5 Å². The van der Waals surface area contributed by atoms with Gasteiger partial charge >= 0.3 is 0 Å². The molecule has 3 atom stereocenters. The minimum atomic E-state index is -2.17. The first-order valence-electron chi connectivity index (χ1n) is 14.5. The summed E-state index contributed by atoms with van der Waals surface area (Å²) in [6.45, 7) is 0. The Morgan fingerprint density at radius 1 is 0.667 bits per heavy atom. The minimum absolute atomic E-state index is 0.0335. The lowest BCUT2D eigenvalue weighted by atomic mass is 9.86. The molecule has 3 unspecified atom stereocenters. The van der Waals surface area contributed by atoms with E-state index in [4.69, 9.17) is 0 Å². The summed E-state index contributed by atoms with van der Waals surface area (Å²) < 4.78 is 73.7. The SMILES string of the molecule is Fc1ccc(-c2cccc(C(F)(CCCCCC3CC4C=CC3C4)c3cccc(-c4ccc(F)cc4F)n3)n2)c(F)c1. The van der Waals surface area contributed by atoms with Gasteiger partial charge in [0, 0.05) is 23.3 Å². The molecule has 2 bridgehead atoms. The fourth-order valence-electron chi connectivity index (χ4n) is 6.57. The van der Waals surface area contributed by atoms with Crippen molar-refractivity contribution in [3.05, 3.63) is 120 Å². The van der Waals surface area contributed by atoms with Crippen molar-refractivity contribution in [1.82, 2.24) is 9.97 Å². The number of unbranched alkanes of at least 4 members (excludes halogenated alkanes) is 2. The van der Waals surface area contributed by atoms with Crippen LogP contribution < -0.4 is 0 Å². The molecule has 0 saturated heterocycles. The Balaban J connectivity index is 1.29. The molecule has 0 spiro atoms. The van der Waals surface area contributed by atoms with Crippen molar-refractivity contribution in [1.29, 1.82) is 0 Å². The van der Waals surface area contributed by atoms with Crippen molar-refractivity contribution in [3.63, 3.8) is 0 Å². The van der Waals surface area contributed by atoms with Gasteiger partial charge in [-0.15, -0.1) is 0 Å². The van der Waals surface area contributed by atoms with E-state index in [1.807, 2.05) is 0 Å². The maximum atomic E-state index is 17.4. The molecular weight excluding hydrogens is 543 g/mol. The van der Waals surface area contributed by atoms with Gasteiger partial charge in [-0.2, -0.15) is 0 Å². The van der Waals surface area contributed by atoms with Crippen LogP contribution in [0.3, 0.4) is 0 Å². The van der Waals surface area contributed by atoms with Crippen molar-refractivity contribution >= 4 is 0 Å². The monoisotopic (exact) mass is 574 g/mol. The summed E-state index contributed by atoms with van der Waals surface area (Å²) >= 11 is 0. The summed E-state index contributed by atoms with van der Waals surface area (Å²) in [4.78, 5) is 8.99. The summed E-state index contributed by atoms with van der Waals surface area (Å²) in [6.07, 6.45) is 10.7. The number of aromatic nitrogens is 2. The van der Waals surface area contributed by atoms with E-state index < -0.39 is 28.9 Å². The summed E-state index contributed by atoms with van der Waals surface area (Å²) in [5.74, 6) is -0.952. The molecule has 6 rings (SSSR count). The summed E-state index contributed by atoms with van der Waals surface area (Å²) in [7, 11) is 0. The van der Waals surface area contributed by atoms with Crippen LogP contribution in [-0.4, -0.2) is 9.97 Å². The molecule has 2 aliphatic rings. The predicted octanol–water partition coefficient (Wildman–Crippen LogP) is 9.74. The van der Waals surface area contributed by atoms with Gasteiger partial charge in [-0.3, -0.25) is 0 Å². The number of hydrogen-bond donors (Lipinski definition) is 0. The zero-order valence-corrected chi connectivity index (χ0v) is 23.0. The molecule has 0 N–H and O–H groups in total. The third-order valence-corrected chi connectivity index (χ3v) is 8.74. The lowest BCUT2D eigenvalue weighted by Gasteiger charge is -2.26. The number of hydrogen-bond acceptors (Lipinski definition) is 2. The number of halogens is 5. The molecule has 1 fully saturated rings. The van der Waals surface area contributed by atoms with E-state index in [9.17, 15) is 17.6 Å². The van der Waals surface area contributed by atoms with Crippen molar-refractivity contribution < 1.29 is 22.0 Å². The Bertz CT molecular complexity index is 1520.